The monoisotopic (exact) mass is 945 g/mol. The van der Waals surface area contributed by atoms with Crippen molar-refractivity contribution in [3.8, 4) is 17.6 Å². The summed E-state index contributed by atoms with van der Waals surface area (Å²) in [5.41, 5.74) is 1.76. The van der Waals surface area contributed by atoms with Crippen LogP contribution in [0.5, 0.6) is 11.5 Å². The lowest BCUT2D eigenvalue weighted by atomic mass is 9.80. The van der Waals surface area contributed by atoms with E-state index in [2.05, 4.69) is 53.7 Å². The van der Waals surface area contributed by atoms with Gasteiger partial charge in [-0.1, -0.05) is 98.8 Å². The summed E-state index contributed by atoms with van der Waals surface area (Å²) >= 11 is 0. The number of hydrogen-bond acceptors (Lipinski definition) is 13. The predicted molar refractivity (Wildman–Crippen MR) is 259 cm³/mol. The van der Waals surface area contributed by atoms with E-state index < -0.39 is 44.2 Å². The Labute approximate surface area is 398 Å². The molecule has 7 rings (SSSR count). The van der Waals surface area contributed by atoms with Crippen LogP contribution < -0.4 is 20.3 Å². The molecule has 5 atom stereocenters. The normalized spacial score (nSPS) is 17.8. The van der Waals surface area contributed by atoms with Gasteiger partial charge in [0.1, 0.15) is 35.4 Å². The van der Waals surface area contributed by atoms with E-state index in [4.69, 9.17) is 37.7 Å². The molecule has 2 N–H and O–H groups in total. The number of fused-ring (bicyclic) bond motifs is 1. The van der Waals surface area contributed by atoms with E-state index >= 15 is 0 Å². The van der Waals surface area contributed by atoms with E-state index in [1.807, 2.05) is 109 Å². The second-order valence-corrected chi connectivity index (χ2v) is 18.5. The number of amides is 1. The Bertz CT molecular complexity index is 2600. The molecule has 1 amide bonds. The average molecular weight is 946 g/mol. The quantitative estimate of drug-likeness (QED) is 0.0374. The number of rotatable bonds is 22. The van der Waals surface area contributed by atoms with Crippen LogP contribution in [0.4, 0.5) is 5.95 Å². The maximum atomic E-state index is 13.6. The Morgan fingerprint density at radius 1 is 0.868 bits per heavy atom. The minimum absolute atomic E-state index is 0.0245. The number of nitrogens with zero attached hydrogens (tertiary/aromatic N) is 5. The van der Waals surface area contributed by atoms with Crippen molar-refractivity contribution < 1.29 is 37.5 Å². The lowest BCUT2D eigenvalue weighted by molar-refractivity contribution is -0.118. The number of nitriles is 1. The first kappa shape index (κ1) is 49.9. The molecule has 2 aromatic heterocycles. The Balaban J connectivity index is 1.41. The highest BCUT2D eigenvalue weighted by atomic mass is 31.2. The molecule has 1 saturated heterocycles. The Kier molecular flexibility index (Phi) is 16.8. The van der Waals surface area contributed by atoms with Crippen LogP contribution in [0.2, 0.25) is 0 Å². The summed E-state index contributed by atoms with van der Waals surface area (Å²) in [6.45, 7) is 12.0. The summed E-state index contributed by atoms with van der Waals surface area (Å²) in [4.78, 5) is 38.3. The summed E-state index contributed by atoms with van der Waals surface area (Å²) in [5.74, 6) is 0.604. The van der Waals surface area contributed by atoms with Crippen LogP contribution in [0.1, 0.15) is 76.4 Å². The molecule has 1 aliphatic rings. The van der Waals surface area contributed by atoms with Gasteiger partial charge >= 0.3 is 0 Å². The molecule has 0 radical (unpaired) electrons. The van der Waals surface area contributed by atoms with Gasteiger partial charge in [0.15, 0.2) is 17.4 Å². The molecule has 0 saturated carbocycles. The van der Waals surface area contributed by atoms with Crippen LogP contribution in [-0.4, -0.2) is 87.9 Å². The van der Waals surface area contributed by atoms with Crippen molar-refractivity contribution >= 4 is 31.5 Å². The minimum Gasteiger partial charge on any atom is -0.497 e. The van der Waals surface area contributed by atoms with Gasteiger partial charge in [0.25, 0.3) is 14.1 Å². The lowest BCUT2D eigenvalue weighted by Crippen LogP contribution is -2.43. The number of aromatic amines is 1. The summed E-state index contributed by atoms with van der Waals surface area (Å²) in [7, 11) is 1.38. The van der Waals surface area contributed by atoms with Crippen LogP contribution in [-0.2, 0) is 40.3 Å². The highest BCUT2D eigenvalue weighted by molar-refractivity contribution is 7.44. The first-order valence-electron chi connectivity index (χ1n) is 22.7. The first-order chi connectivity index (χ1) is 32.9. The van der Waals surface area contributed by atoms with Crippen LogP contribution in [0, 0.1) is 17.2 Å². The van der Waals surface area contributed by atoms with Gasteiger partial charge in [-0.15, -0.1) is 0 Å². The van der Waals surface area contributed by atoms with E-state index in [0.29, 0.717) is 11.5 Å². The van der Waals surface area contributed by atoms with Crippen molar-refractivity contribution in [2.24, 2.45) is 5.92 Å². The largest absolute Gasteiger partial charge is 0.497 e. The second kappa shape index (κ2) is 22.9. The number of aromatic nitrogens is 4. The van der Waals surface area contributed by atoms with E-state index in [0.717, 1.165) is 22.3 Å². The highest BCUT2D eigenvalue weighted by Crippen LogP contribution is 2.51. The molecule has 3 heterocycles. The zero-order valence-electron chi connectivity index (χ0n) is 39.7. The third kappa shape index (κ3) is 11.1. The number of carbonyl (C=O) groups is 1. The van der Waals surface area contributed by atoms with Gasteiger partial charge in [-0.05, 0) is 74.2 Å². The van der Waals surface area contributed by atoms with Gasteiger partial charge in [-0.3, -0.25) is 24.5 Å². The molecule has 1 fully saturated rings. The number of anilines is 1. The number of H-pyrrole nitrogens is 1. The molecule has 6 aromatic rings. The van der Waals surface area contributed by atoms with Crippen molar-refractivity contribution in [1.82, 2.24) is 24.2 Å². The topological polar surface area (TPSA) is 184 Å². The molecule has 17 heteroatoms. The Hall–Kier alpha value is -6.02. The van der Waals surface area contributed by atoms with Gasteiger partial charge in [-0.25, -0.2) is 9.65 Å². The first-order valence-corrected chi connectivity index (χ1v) is 23.8. The zero-order chi connectivity index (χ0) is 48.4. The van der Waals surface area contributed by atoms with Crippen molar-refractivity contribution in [3.05, 3.63) is 148 Å². The number of hydrogen-bond donors (Lipinski definition) is 2. The number of methoxy groups -OCH3 is 2. The maximum Gasteiger partial charge on any atom is 0.280 e. The SMILES string of the molecule is COc1ccc(C(OCC2O[C@@H](n3cnc4c(=O)[nH]c(NC(=O)C(C)C)nc43)[C@H](OCc3ccccc3)[C@@H]2OP(OCCC#N)N(C(C)C)C(C)C)(c2ccccc2)c2ccc(OC)cc2)cc1. The third-order valence-electron chi connectivity index (χ3n) is 11.6. The van der Waals surface area contributed by atoms with E-state index in [1.165, 1.54) is 6.33 Å². The van der Waals surface area contributed by atoms with Gasteiger partial charge in [0.05, 0.1) is 52.9 Å². The van der Waals surface area contributed by atoms with E-state index in [-0.39, 0.29) is 67.3 Å². The summed E-state index contributed by atoms with van der Waals surface area (Å²) in [6.07, 6.45) is -2.08. The molecule has 0 spiro atoms. The smallest absolute Gasteiger partial charge is 0.280 e. The number of nitrogens with one attached hydrogen (secondary N) is 2. The summed E-state index contributed by atoms with van der Waals surface area (Å²) in [6, 6.07) is 37.3. The molecule has 0 bridgehead atoms. The average Bonchev–Trinajstić information content (AvgIpc) is 3.92. The summed E-state index contributed by atoms with van der Waals surface area (Å²) < 4.78 is 50.4. The highest BCUT2D eigenvalue weighted by Gasteiger charge is 2.52. The van der Waals surface area contributed by atoms with Gasteiger partial charge in [0, 0.05) is 18.0 Å². The minimum atomic E-state index is -1.87. The van der Waals surface area contributed by atoms with Crippen LogP contribution in [0.25, 0.3) is 11.2 Å². The molecule has 16 nitrogen and oxygen atoms in total. The standard InChI is InChI=1S/C51H60N7O9P/c1-33(2)47(59)55-50-54-46-43(48(60)56-50)53-32-57(46)49-45(63-30-36-16-11-9-12-17-36)44(67-68(65-29-15-28-52)58(34(3)4)35(5)6)42(66-49)31-64-51(37-18-13-10-14-19-37,38-20-24-40(61-7)25-21-38)39-22-26-41(62-8)27-23-39/h9-14,16-27,32-35,42,44-45,49H,15,29-31H2,1-8H3,(H2,54,55,56,59,60)/t42?,44-,45-,49-,68?/m1/s1. The molecular formula is C51H60N7O9P. The van der Waals surface area contributed by atoms with E-state index in [9.17, 15) is 14.9 Å². The van der Waals surface area contributed by atoms with Gasteiger partial charge in [-0.2, -0.15) is 10.2 Å². The molecule has 358 valence electrons. The fourth-order valence-electron chi connectivity index (χ4n) is 8.25. The third-order valence-corrected chi connectivity index (χ3v) is 13.7. The maximum absolute atomic E-state index is 13.6. The zero-order valence-corrected chi connectivity index (χ0v) is 40.6. The van der Waals surface area contributed by atoms with Gasteiger partial charge in [0.2, 0.25) is 11.9 Å². The number of carbonyl (C=O) groups excluding carboxylic acids is 1. The molecule has 2 unspecified atom stereocenters. The van der Waals surface area contributed by atoms with Gasteiger partial charge < -0.3 is 32.7 Å². The fraction of sp³-hybridized carbons (Fsp3) is 0.392. The summed E-state index contributed by atoms with van der Waals surface area (Å²) in [5, 5.41) is 12.3. The Morgan fingerprint density at radius 2 is 1.46 bits per heavy atom. The molecule has 68 heavy (non-hydrogen) atoms. The van der Waals surface area contributed by atoms with Crippen molar-refractivity contribution in [2.45, 2.75) is 96.8 Å². The van der Waals surface area contributed by atoms with Crippen LogP contribution in [0.3, 0.4) is 0 Å². The molecule has 4 aromatic carbocycles. The van der Waals surface area contributed by atoms with Crippen molar-refractivity contribution in [2.75, 3.05) is 32.8 Å². The van der Waals surface area contributed by atoms with Crippen LogP contribution >= 0.6 is 8.53 Å². The van der Waals surface area contributed by atoms with E-state index in [1.54, 1.807) is 32.6 Å². The number of imidazole rings is 1. The molecule has 1 aliphatic heterocycles. The second-order valence-electron chi connectivity index (χ2n) is 17.1. The number of benzene rings is 4. The van der Waals surface area contributed by atoms with Crippen molar-refractivity contribution in [3.63, 3.8) is 0 Å². The Morgan fingerprint density at radius 3 is 2.01 bits per heavy atom. The number of ether oxygens (including phenoxy) is 5. The van der Waals surface area contributed by atoms with Crippen molar-refractivity contribution in [1.29, 1.82) is 5.26 Å². The molecular weight excluding hydrogens is 886 g/mol. The van der Waals surface area contributed by atoms with Crippen LogP contribution in [0.15, 0.2) is 120 Å². The lowest BCUT2D eigenvalue weighted by Gasteiger charge is -2.39. The predicted octanol–water partition coefficient (Wildman–Crippen LogP) is 8.88. The fourth-order valence-corrected chi connectivity index (χ4v) is 10.0. The molecule has 0 aliphatic carbocycles.